The molecule has 7 heteroatoms. The summed E-state index contributed by atoms with van der Waals surface area (Å²) in [5.74, 6) is -0.750. The molecule has 2 N–H and O–H groups in total. The third-order valence-electron chi connectivity index (χ3n) is 7.04. The van der Waals surface area contributed by atoms with Crippen LogP contribution in [-0.4, -0.2) is 61.7 Å². The molecule has 4 heterocycles. The number of pyridine rings is 1. The Morgan fingerprint density at radius 3 is 2.19 bits per heavy atom. The van der Waals surface area contributed by atoms with Crippen molar-refractivity contribution in [3.05, 3.63) is 47.4 Å². The van der Waals surface area contributed by atoms with Crippen LogP contribution in [0.3, 0.4) is 0 Å². The Morgan fingerprint density at radius 2 is 1.59 bits per heavy atom. The van der Waals surface area contributed by atoms with E-state index < -0.39 is 5.97 Å². The van der Waals surface area contributed by atoms with E-state index in [1.54, 1.807) is 12.4 Å². The fraction of sp³-hybridized carbons (Fsp3) is 0.440. The molecule has 32 heavy (non-hydrogen) atoms. The van der Waals surface area contributed by atoms with Crippen molar-refractivity contribution in [2.75, 3.05) is 26.2 Å². The van der Waals surface area contributed by atoms with Crippen LogP contribution in [0.5, 0.6) is 5.75 Å². The minimum absolute atomic E-state index is 0.177. The highest BCUT2D eigenvalue weighted by atomic mass is 16.4. The molecule has 7 nitrogen and oxygen atoms in total. The van der Waals surface area contributed by atoms with Crippen molar-refractivity contribution in [2.45, 2.75) is 38.8 Å². The first-order valence-corrected chi connectivity index (χ1v) is 11.5. The van der Waals surface area contributed by atoms with Crippen LogP contribution in [0, 0.1) is 0 Å². The number of aromatic nitrogens is 2. The Morgan fingerprint density at radius 1 is 1.00 bits per heavy atom. The van der Waals surface area contributed by atoms with E-state index >= 15 is 0 Å². The van der Waals surface area contributed by atoms with Crippen LogP contribution >= 0.6 is 0 Å². The summed E-state index contributed by atoms with van der Waals surface area (Å²) in [6, 6.07) is 5.70. The van der Waals surface area contributed by atoms with Gasteiger partial charge in [-0.3, -0.25) is 14.8 Å². The molecule has 168 valence electrons. The maximum absolute atomic E-state index is 12.5. The summed E-state index contributed by atoms with van der Waals surface area (Å²) < 4.78 is 2.02. The predicted octanol–water partition coefficient (Wildman–Crippen LogP) is 3.84. The largest absolute Gasteiger partial charge is 0.507 e. The number of aromatic hydroxyl groups is 1. The second-order valence-corrected chi connectivity index (χ2v) is 9.03. The van der Waals surface area contributed by atoms with Crippen molar-refractivity contribution in [1.29, 1.82) is 0 Å². The number of carboxylic acids is 1. The van der Waals surface area contributed by atoms with Crippen LogP contribution in [0.4, 0.5) is 0 Å². The van der Waals surface area contributed by atoms with Crippen LogP contribution in [0.2, 0.25) is 0 Å². The van der Waals surface area contributed by atoms with Crippen LogP contribution in [0.25, 0.3) is 22.0 Å². The molecule has 0 radical (unpaired) electrons. The average Bonchev–Trinajstić information content (AvgIpc) is 3.54. The molecule has 0 unspecified atom stereocenters. The first-order chi connectivity index (χ1) is 15.5. The molecule has 2 aromatic heterocycles. The quantitative estimate of drug-likeness (QED) is 0.614. The van der Waals surface area contributed by atoms with Gasteiger partial charge in [-0.25, -0.2) is 4.79 Å². The van der Waals surface area contributed by atoms with E-state index in [-0.39, 0.29) is 5.75 Å². The smallest absolute Gasteiger partial charge is 0.338 e. The molecule has 0 spiro atoms. The number of nitrogens with zero attached hydrogens (tertiary/aromatic N) is 4. The van der Waals surface area contributed by atoms with Gasteiger partial charge >= 0.3 is 5.97 Å². The second kappa shape index (κ2) is 8.56. The number of aromatic carboxylic acids is 1. The Balaban J connectivity index is 1.75. The molecular weight excluding hydrogens is 404 g/mol. The van der Waals surface area contributed by atoms with Crippen LogP contribution in [-0.2, 0) is 20.1 Å². The van der Waals surface area contributed by atoms with E-state index in [1.807, 2.05) is 29.8 Å². The summed E-state index contributed by atoms with van der Waals surface area (Å²) in [5.41, 5.74) is 4.32. The zero-order valence-electron chi connectivity index (χ0n) is 18.5. The lowest BCUT2D eigenvalue weighted by molar-refractivity contribution is 0.0696. The number of likely N-dealkylation sites (tertiary alicyclic amines) is 2. The molecule has 3 aromatic rings. The molecule has 0 atom stereocenters. The number of carboxylic acid groups (broad SMARTS) is 1. The summed E-state index contributed by atoms with van der Waals surface area (Å²) >= 11 is 0. The molecule has 0 saturated carbocycles. The third kappa shape index (κ3) is 3.65. The van der Waals surface area contributed by atoms with Crippen molar-refractivity contribution in [1.82, 2.24) is 19.4 Å². The molecule has 5 rings (SSSR count). The maximum Gasteiger partial charge on any atom is 0.338 e. The average molecular weight is 435 g/mol. The molecule has 2 saturated heterocycles. The zero-order valence-corrected chi connectivity index (χ0v) is 18.5. The summed E-state index contributed by atoms with van der Waals surface area (Å²) in [7, 11) is 1.95. The number of phenols is 1. The molecule has 0 bridgehead atoms. The van der Waals surface area contributed by atoms with Gasteiger partial charge in [-0.05, 0) is 75.6 Å². The normalized spacial score (nSPS) is 17.5. The van der Waals surface area contributed by atoms with E-state index in [9.17, 15) is 15.0 Å². The number of hydrogen-bond acceptors (Lipinski definition) is 5. The van der Waals surface area contributed by atoms with Gasteiger partial charge in [0.2, 0.25) is 0 Å². The fourth-order valence-corrected chi connectivity index (χ4v) is 5.35. The Labute approximate surface area is 187 Å². The van der Waals surface area contributed by atoms with Crippen LogP contribution in [0.1, 0.15) is 47.3 Å². The van der Waals surface area contributed by atoms with Crippen molar-refractivity contribution in [2.24, 2.45) is 7.05 Å². The van der Waals surface area contributed by atoms with E-state index in [0.29, 0.717) is 24.0 Å². The minimum Gasteiger partial charge on any atom is -0.507 e. The molecule has 2 aliphatic rings. The highest BCUT2D eigenvalue weighted by Crippen LogP contribution is 2.42. The lowest BCUT2D eigenvalue weighted by atomic mass is 9.96. The fourth-order valence-electron chi connectivity index (χ4n) is 5.35. The topological polar surface area (TPSA) is 81.8 Å². The van der Waals surface area contributed by atoms with Gasteiger partial charge in [0.15, 0.2) is 0 Å². The molecular formula is C25H30N4O3. The number of carbonyl (C=O) groups is 1. The number of fused-ring (bicyclic) bond motifs is 1. The van der Waals surface area contributed by atoms with Gasteiger partial charge in [-0.1, -0.05) is 0 Å². The maximum atomic E-state index is 12.5. The standard InChI is InChI=1S/C25H30N4O3/c1-27-20-14-18(17-6-8-26-9-7-17)24(30)19(15-28-10-2-3-11-28)22(20)23(25(31)32)21(27)16-29-12-4-5-13-29/h6-9,14,30H,2-5,10-13,15-16H2,1H3,(H,31,32). The predicted molar refractivity (Wildman–Crippen MR) is 124 cm³/mol. The minimum atomic E-state index is -0.927. The Hall–Kier alpha value is -2.90. The SMILES string of the molecule is Cn1c(CN2CCCC2)c(C(=O)O)c2c(CN3CCCC3)c(O)c(-c3ccncc3)cc21. The van der Waals surface area contributed by atoms with Gasteiger partial charge in [-0.15, -0.1) is 0 Å². The molecule has 1 aromatic carbocycles. The molecule has 0 amide bonds. The number of aryl methyl sites for hydroxylation is 1. The van der Waals surface area contributed by atoms with Crippen molar-refractivity contribution in [3.63, 3.8) is 0 Å². The number of phenolic OH excluding ortho intramolecular Hbond substituents is 1. The summed E-state index contributed by atoms with van der Waals surface area (Å²) in [4.78, 5) is 21.3. The zero-order chi connectivity index (χ0) is 22.2. The van der Waals surface area contributed by atoms with Gasteiger partial charge in [-0.2, -0.15) is 0 Å². The van der Waals surface area contributed by atoms with Crippen molar-refractivity contribution >= 4 is 16.9 Å². The van der Waals surface area contributed by atoms with E-state index in [1.165, 1.54) is 0 Å². The lowest BCUT2D eigenvalue weighted by Crippen LogP contribution is -2.21. The first-order valence-electron chi connectivity index (χ1n) is 11.5. The Kier molecular flexibility index (Phi) is 5.61. The van der Waals surface area contributed by atoms with Crippen molar-refractivity contribution < 1.29 is 15.0 Å². The van der Waals surface area contributed by atoms with E-state index in [4.69, 9.17) is 0 Å². The summed E-state index contributed by atoms with van der Waals surface area (Å²) in [5, 5.41) is 22.4. The van der Waals surface area contributed by atoms with Gasteiger partial charge in [0, 0.05) is 54.7 Å². The number of hydrogen-bond donors (Lipinski definition) is 2. The number of rotatable bonds is 6. The third-order valence-corrected chi connectivity index (χ3v) is 7.04. The van der Waals surface area contributed by atoms with Gasteiger partial charge in [0.25, 0.3) is 0 Å². The first kappa shape index (κ1) is 21.0. The highest BCUT2D eigenvalue weighted by molar-refractivity contribution is 6.08. The molecule has 2 aliphatic heterocycles. The van der Waals surface area contributed by atoms with Crippen LogP contribution in [0.15, 0.2) is 30.6 Å². The van der Waals surface area contributed by atoms with Gasteiger partial charge < -0.3 is 14.8 Å². The van der Waals surface area contributed by atoms with Crippen LogP contribution < -0.4 is 0 Å². The molecule has 2 fully saturated rings. The monoisotopic (exact) mass is 434 g/mol. The van der Waals surface area contributed by atoms with E-state index in [2.05, 4.69) is 14.8 Å². The van der Waals surface area contributed by atoms with Gasteiger partial charge in [0.1, 0.15) is 5.75 Å². The Bertz CT molecular complexity index is 1140. The molecule has 0 aliphatic carbocycles. The summed E-state index contributed by atoms with van der Waals surface area (Å²) in [6.07, 6.45) is 8.00. The number of benzene rings is 1. The van der Waals surface area contributed by atoms with Gasteiger partial charge in [0.05, 0.1) is 11.1 Å². The summed E-state index contributed by atoms with van der Waals surface area (Å²) in [6.45, 7) is 5.09. The van der Waals surface area contributed by atoms with E-state index in [0.717, 1.165) is 79.8 Å². The lowest BCUT2D eigenvalue weighted by Gasteiger charge is -2.19. The second-order valence-electron chi connectivity index (χ2n) is 9.03. The highest BCUT2D eigenvalue weighted by Gasteiger charge is 2.29. The van der Waals surface area contributed by atoms with Crippen molar-refractivity contribution in [3.8, 4) is 16.9 Å².